The fourth-order valence-corrected chi connectivity index (χ4v) is 2.00. The molecule has 1 saturated carbocycles. The van der Waals surface area contributed by atoms with Crippen molar-refractivity contribution in [2.24, 2.45) is 0 Å². The van der Waals surface area contributed by atoms with Crippen LogP contribution in [-0.2, 0) is 0 Å². The van der Waals surface area contributed by atoms with Gasteiger partial charge in [0.15, 0.2) is 0 Å². The van der Waals surface area contributed by atoms with Gasteiger partial charge in [0.2, 0.25) is 0 Å². The lowest BCUT2D eigenvalue weighted by atomic mass is 9.93. The van der Waals surface area contributed by atoms with Crippen LogP contribution in [0.2, 0.25) is 0 Å². The van der Waals surface area contributed by atoms with Crippen LogP contribution in [0.15, 0.2) is 24.5 Å². The lowest BCUT2D eigenvalue weighted by Gasteiger charge is -2.27. The standard InChI is InChI=1S/C11H13N3/c12-8-4-5-11-10(6-8)13-7-14(11)9-2-1-3-9/h4-7,9H,1-3,12H2. The molecule has 1 aliphatic carbocycles. The van der Waals surface area contributed by atoms with Crippen molar-refractivity contribution in [3.8, 4) is 0 Å². The van der Waals surface area contributed by atoms with Gasteiger partial charge in [-0.05, 0) is 37.5 Å². The number of nitrogen functional groups attached to an aromatic ring is 1. The number of hydrogen-bond acceptors (Lipinski definition) is 2. The third kappa shape index (κ3) is 1.02. The molecular weight excluding hydrogens is 174 g/mol. The molecule has 1 aliphatic rings. The van der Waals surface area contributed by atoms with Crippen molar-refractivity contribution in [3.05, 3.63) is 24.5 Å². The van der Waals surface area contributed by atoms with Crippen molar-refractivity contribution in [3.63, 3.8) is 0 Å². The van der Waals surface area contributed by atoms with E-state index in [0.29, 0.717) is 6.04 Å². The van der Waals surface area contributed by atoms with Crippen LogP contribution in [0.25, 0.3) is 11.0 Å². The number of aromatic nitrogens is 2. The van der Waals surface area contributed by atoms with Gasteiger partial charge in [0.05, 0.1) is 17.4 Å². The highest BCUT2D eigenvalue weighted by molar-refractivity contribution is 5.79. The molecule has 0 aliphatic heterocycles. The fraction of sp³-hybridized carbons (Fsp3) is 0.364. The number of hydrogen-bond donors (Lipinski definition) is 1. The summed E-state index contributed by atoms with van der Waals surface area (Å²) < 4.78 is 2.28. The Hall–Kier alpha value is -1.51. The molecule has 2 N–H and O–H groups in total. The molecule has 0 radical (unpaired) electrons. The van der Waals surface area contributed by atoms with Crippen molar-refractivity contribution >= 4 is 16.7 Å². The summed E-state index contributed by atoms with van der Waals surface area (Å²) in [5.41, 5.74) is 8.72. The van der Waals surface area contributed by atoms with Crippen molar-refractivity contribution < 1.29 is 0 Å². The predicted molar refractivity (Wildman–Crippen MR) is 57.0 cm³/mol. The van der Waals surface area contributed by atoms with Gasteiger partial charge in [0.1, 0.15) is 0 Å². The molecule has 3 heteroatoms. The van der Waals surface area contributed by atoms with Crippen molar-refractivity contribution in [2.45, 2.75) is 25.3 Å². The quantitative estimate of drug-likeness (QED) is 0.696. The normalized spacial score (nSPS) is 17.1. The molecule has 0 saturated heterocycles. The summed E-state index contributed by atoms with van der Waals surface area (Å²) in [6.07, 6.45) is 5.86. The van der Waals surface area contributed by atoms with Gasteiger partial charge in [-0.2, -0.15) is 0 Å². The summed E-state index contributed by atoms with van der Waals surface area (Å²) in [7, 11) is 0. The van der Waals surface area contributed by atoms with E-state index in [1.54, 1.807) is 0 Å². The minimum atomic E-state index is 0.670. The minimum absolute atomic E-state index is 0.670. The third-order valence-corrected chi connectivity index (χ3v) is 3.07. The zero-order valence-electron chi connectivity index (χ0n) is 7.98. The number of benzene rings is 1. The van der Waals surface area contributed by atoms with E-state index in [9.17, 15) is 0 Å². The van der Waals surface area contributed by atoms with E-state index >= 15 is 0 Å². The first-order valence-corrected chi connectivity index (χ1v) is 5.07. The molecule has 3 rings (SSSR count). The summed E-state index contributed by atoms with van der Waals surface area (Å²) in [6.45, 7) is 0. The minimum Gasteiger partial charge on any atom is -0.399 e. The van der Waals surface area contributed by atoms with Crippen molar-refractivity contribution in [2.75, 3.05) is 5.73 Å². The number of rotatable bonds is 1. The molecule has 0 amide bonds. The second-order valence-electron chi connectivity index (χ2n) is 3.98. The van der Waals surface area contributed by atoms with Gasteiger partial charge in [-0.15, -0.1) is 0 Å². The first-order valence-electron chi connectivity index (χ1n) is 5.07. The molecule has 72 valence electrons. The summed E-state index contributed by atoms with van der Waals surface area (Å²) in [5.74, 6) is 0. The van der Waals surface area contributed by atoms with Crippen LogP contribution in [0, 0.1) is 0 Å². The van der Waals surface area contributed by atoms with E-state index in [-0.39, 0.29) is 0 Å². The smallest absolute Gasteiger partial charge is 0.0960 e. The Bertz CT molecular complexity index is 468. The first kappa shape index (κ1) is 7.85. The van der Waals surface area contributed by atoms with Crippen LogP contribution in [0.1, 0.15) is 25.3 Å². The lowest BCUT2D eigenvalue weighted by molar-refractivity contribution is 0.320. The maximum atomic E-state index is 5.71. The highest BCUT2D eigenvalue weighted by atomic mass is 15.1. The second kappa shape index (κ2) is 2.74. The van der Waals surface area contributed by atoms with E-state index in [1.807, 2.05) is 18.5 Å². The monoisotopic (exact) mass is 187 g/mol. The maximum absolute atomic E-state index is 5.71. The maximum Gasteiger partial charge on any atom is 0.0960 e. The molecule has 1 heterocycles. The average Bonchev–Trinajstić information content (AvgIpc) is 2.45. The Morgan fingerprint density at radius 2 is 2.21 bits per heavy atom. The van der Waals surface area contributed by atoms with Crippen LogP contribution in [0.4, 0.5) is 5.69 Å². The van der Waals surface area contributed by atoms with Gasteiger partial charge < -0.3 is 10.3 Å². The summed E-state index contributed by atoms with van der Waals surface area (Å²) >= 11 is 0. The van der Waals surface area contributed by atoms with Crippen LogP contribution in [0.3, 0.4) is 0 Å². The Morgan fingerprint density at radius 3 is 2.93 bits per heavy atom. The predicted octanol–water partition coefficient (Wildman–Crippen LogP) is 2.34. The number of anilines is 1. The van der Waals surface area contributed by atoms with Crippen LogP contribution >= 0.6 is 0 Å². The molecule has 14 heavy (non-hydrogen) atoms. The Kier molecular flexibility index (Phi) is 1.54. The van der Waals surface area contributed by atoms with Gasteiger partial charge in [-0.25, -0.2) is 4.98 Å². The molecule has 2 aromatic rings. The third-order valence-electron chi connectivity index (χ3n) is 3.07. The van der Waals surface area contributed by atoms with Crippen LogP contribution in [-0.4, -0.2) is 9.55 Å². The van der Waals surface area contributed by atoms with Gasteiger partial charge in [0.25, 0.3) is 0 Å². The topological polar surface area (TPSA) is 43.8 Å². The molecule has 1 aromatic heterocycles. The van der Waals surface area contributed by atoms with Crippen LogP contribution < -0.4 is 5.73 Å². The first-order chi connectivity index (χ1) is 6.84. The molecular formula is C11H13N3. The molecule has 0 atom stereocenters. The van der Waals surface area contributed by atoms with Gasteiger partial charge >= 0.3 is 0 Å². The van der Waals surface area contributed by atoms with E-state index < -0.39 is 0 Å². The molecule has 1 fully saturated rings. The van der Waals surface area contributed by atoms with Gasteiger partial charge in [-0.3, -0.25) is 0 Å². The van der Waals surface area contributed by atoms with E-state index in [4.69, 9.17) is 5.73 Å². The highest BCUT2D eigenvalue weighted by Gasteiger charge is 2.20. The van der Waals surface area contributed by atoms with Gasteiger partial charge in [0, 0.05) is 11.7 Å². The lowest BCUT2D eigenvalue weighted by Crippen LogP contribution is -2.15. The molecule has 0 unspecified atom stereocenters. The number of nitrogens with two attached hydrogens (primary N) is 1. The van der Waals surface area contributed by atoms with Gasteiger partial charge in [-0.1, -0.05) is 0 Å². The zero-order valence-corrected chi connectivity index (χ0v) is 7.98. The van der Waals surface area contributed by atoms with Crippen LogP contribution in [0.5, 0.6) is 0 Å². The van der Waals surface area contributed by atoms with Crippen molar-refractivity contribution in [1.29, 1.82) is 0 Å². The summed E-state index contributed by atoms with van der Waals surface area (Å²) in [6, 6.07) is 6.61. The molecule has 0 spiro atoms. The second-order valence-corrected chi connectivity index (χ2v) is 3.98. The Labute approximate surface area is 82.5 Å². The Balaban J connectivity index is 2.16. The SMILES string of the molecule is Nc1ccc2c(c1)ncn2C1CCC1. The van der Waals surface area contributed by atoms with E-state index in [2.05, 4.69) is 15.6 Å². The largest absolute Gasteiger partial charge is 0.399 e. The number of imidazole rings is 1. The number of nitrogens with zero attached hydrogens (tertiary/aromatic N) is 2. The highest BCUT2D eigenvalue weighted by Crippen LogP contribution is 2.34. The average molecular weight is 187 g/mol. The van der Waals surface area contributed by atoms with E-state index in [0.717, 1.165) is 11.2 Å². The number of fused-ring (bicyclic) bond motifs is 1. The summed E-state index contributed by atoms with van der Waals surface area (Å²) in [4.78, 5) is 4.37. The molecule has 1 aromatic carbocycles. The Morgan fingerprint density at radius 1 is 1.36 bits per heavy atom. The zero-order chi connectivity index (χ0) is 9.54. The van der Waals surface area contributed by atoms with Crippen molar-refractivity contribution in [1.82, 2.24) is 9.55 Å². The fourth-order valence-electron chi connectivity index (χ4n) is 2.00. The summed E-state index contributed by atoms with van der Waals surface area (Å²) in [5, 5.41) is 0. The van der Waals surface area contributed by atoms with E-state index in [1.165, 1.54) is 24.8 Å². The molecule has 0 bridgehead atoms. The molecule has 3 nitrogen and oxygen atoms in total.